The minimum atomic E-state index is -4.52. The number of aryl methyl sites for hydroxylation is 5. The van der Waals surface area contributed by atoms with Gasteiger partial charge in [-0.25, -0.2) is 59.8 Å². The van der Waals surface area contributed by atoms with Crippen LogP contribution in [0.4, 0.5) is 48.9 Å². The van der Waals surface area contributed by atoms with Gasteiger partial charge in [-0.3, -0.25) is 88.1 Å². The van der Waals surface area contributed by atoms with Gasteiger partial charge in [0.1, 0.15) is 49.1 Å². The fraction of sp³-hybridized carbons (Fsp3) is 0.514. The molecule has 792 valence electrons. The molecule has 9 N–H and O–H groups in total. The highest BCUT2D eigenvalue weighted by atomic mass is 35.5. The zero-order valence-corrected chi connectivity index (χ0v) is 89.4. The minimum absolute atomic E-state index is 0.00797. The van der Waals surface area contributed by atoms with Gasteiger partial charge in [-0.15, -0.1) is 0 Å². The second-order valence-electron chi connectivity index (χ2n) is 44.1. The summed E-state index contributed by atoms with van der Waals surface area (Å²) >= 11 is 12.2. The van der Waals surface area contributed by atoms with Crippen molar-refractivity contribution in [3.8, 4) is 0 Å². The Labute approximate surface area is 875 Å². The standard InChI is InChI=1S/2C20H22N4O2.C19H25F3N4O.C19H26N4O.C17H23ClN4O.C16H21ClN4O2/c2*1-13-10-11-16-19(21-13)24(15-8-5-9-15)20(22-16)23-18(26)12-17(25)14-6-3-2-4-7-14;1-5-18(3,4)11(2)16(27)25-17-23-13-9-10-14(19(20,21)22)24-15(13)26(17)12-7-6-8-12;1-12-8-9-15-16(20-12)23(14-6-4-7-14)18(21-15)22-17(24)13(2)19(3)10-5-11-19;1-10-8-12(18)19-15-14(10)21-16(22(15)11-6-5-7-11)20-13(23)9-17(2,3)4;1-9-7-11(17)18-14-13(9)20-15(21(14)10-5-4-6-10)19-12(22)8-16(2,3)23/h2*2-4,6-7,10-11,15,17,25H,5,8-9,12H2,1H3,(H,22,23,26);9-12H,5-8H2,1-4H3,(H,23,25,27);8-9,13-14H,4-7,10-11H2,1-3H3,(H,21,22,24);8,11H,5-7,9H2,1-4H3,(H,20,21,23);7,10,23H,4-6,8H2,1-3H3,(H,19,20,22)/t2*17-;11-;13-;;/m1011../s1. The number of imidazole rings is 6. The molecule has 0 spiro atoms. The van der Waals surface area contributed by atoms with Gasteiger partial charge in [0, 0.05) is 71.6 Å². The molecule has 2 aromatic carbocycles. The average Bonchev–Trinajstić information content (AvgIpc) is 1.62. The number of hydrogen-bond acceptors (Lipinski definition) is 21. The lowest BCUT2D eigenvalue weighted by atomic mass is 9.63. The van der Waals surface area contributed by atoms with E-state index in [4.69, 9.17) is 23.2 Å². The van der Waals surface area contributed by atoms with Gasteiger partial charge in [-0.05, 0) is 276 Å². The number of nitrogens with one attached hydrogen (secondary N) is 6. The van der Waals surface area contributed by atoms with Crippen molar-refractivity contribution in [2.24, 2.45) is 28.1 Å². The maximum absolute atomic E-state index is 13.1. The molecule has 4 atom stereocenters. The highest BCUT2D eigenvalue weighted by Gasteiger charge is 2.43. The van der Waals surface area contributed by atoms with E-state index < -0.39 is 29.7 Å². The van der Waals surface area contributed by atoms with Gasteiger partial charge in [0.2, 0.25) is 71.1 Å². The first-order chi connectivity index (χ1) is 70.7. The predicted octanol–water partition coefficient (Wildman–Crippen LogP) is 24.2. The van der Waals surface area contributed by atoms with Crippen molar-refractivity contribution in [3.05, 3.63) is 177 Å². The first kappa shape index (κ1) is 109. The Bertz CT molecular complexity index is 6930. The third-order valence-electron chi connectivity index (χ3n) is 30.4. The van der Waals surface area contributed by atoms with Crippen LogP contribution in [0.3, 0.4) is 0 Å². The van der Waals surface area contributed by atoms with Crippen molar-refractivity contribution in [3.63, 3.8) is 0 Å². The number of aromatic nitrogens is 18. The Kier molecular flexibility index (Phi) is 33.3. The normalized spacial score (nSPS) is 16.8. The van der Waals surface area contributed by atoms with Gasteiger partial charge in [-0.1, -0.05) is 159 Å². The summed E-state index contributed by atoms with van der Waals surface area (Å²) in [6.07, 6.45) is 18.0. The molecule has 7 aliphatic rings. The molecule has 7 fully saturated rings. The number of amides is 6. The van der Waals surface area contributed by atoms with Gasteiger partial charge in [-0.2, -0.15) is 13.2 Å². The van der Waals surface area contributed by atoms with E-state index in [2.05, 4.69) is 108 Å². The van der Waals surface area contributed by atoms with Gasteiger partial charge in [0.05, 0.1) is 37.1 Å². The number of alkyl halides is 3. The molecule has 12 aromatic heterocycles. The lowest BCUT2D eigenvalue weighted by molar-refractivity contribution is -0.141. The summed E-state index contributed by atoms with van der Waals surface area (Å²) in [5.74, 6) is 1.93. The zero-order valence-electron chi connectivity index (χ0n) is 87.9. The molecule has 0 saturated heterocycles. The Morgan fingerprint density at radius 2 is 0.705 bits per heavy atom. The Morgan fingerprint density at radius 3 is 1.01 bits per heavy atom. The first-order valence-corrected chi connectivity index (χ1v) is 53.1. The molecule has 0 bridgehead atoms. The number of pyridine rings is 6. The van der Waals surface area contributed by atoms with Crippen molar-refractivity contribution >= 4 is 161 Å². The van der Waals surface area contributed by atoms with Crippen LogP contribution in [0.1, 0.15) is 337 Å². The predicted molar refractivity (Wildman–Crippen MR) is 574 cm³/mol. The summed E-state index contributed by atoms with van der Waals surface area (Å²) in [7, 11) is 0. The van der Waals surface area contributed by atoms with Crippen LogP contribution in [0.15, 0.2) is 121 Å². The monoisotopic (exact) mass is 2080 g/mol. The van der Waals surface area contributed by atoms with Crippen molar-refractivity contribution in [2.45, 2.75) is 338 Å². The second kappa shape index (κ2) is 45.6. The molecule has 0 aliphatic heterocycles. The van der Waals surface area contributed by atoms with Gasteiger partial charge >= 0.3 is 6.18 Å². The Morgan fingerprint density at radius 1 is 0.396 bits per heavy atom. The number of nitrogens with zero attached hydrogens (tertiary/aromatic N) is 18. The number of hydrogen-bond donors (Lipinski definition) is 9. The molecule has 14 aromatic rings. The van der Waals surface area contributed by atoms with Crippen molar-refractivity contribution in [1.29, 1.82) is 0 Å². The number of rotatable bonds is 26. The van der Waals surface area contributed by atoms with E-state index in [0.717, 1.165) is 205 Å². The molecule has 149 heavy (non-hydrogen) atoms. The summed E-state index contributed by atoms with van der Waals surface area (Å²) in [5.41, 5.74) is 12.6. The van der Waals surface area contributed by atoms with Gasteiger partial charge < -0.3 is 15.3 Å². The third-order valence-corrected chi connectivity index (χ3v) is 30.8. The summed E-state index contributed by atoms with van der Waals surface area (Å²) < 4.78 is 51.1. The molecule has 33 nitrogen and oxygen atoms in total. The minimum Gasteiger partial charge on any atom is -0.390 e. The first-order valence-electron chi connectivity index (χ1n) is 52.4. The molecule has 0 unspecified atom stereocenters. The number of fused-ring (bicyclic) bond motifs is 6. The SMILES string of the molecule is CCC(C)(C)[C@H](C)C(=O)Nc1nc2ccc(C(F)(F)F)nc2n1C1CCC1.Cc1cc(Cl)nc2c1nc(NC(=O)CC(C)(C)C)n2C1CCC1.Cc1cc(Cl)nc2c1nc(NC(=O)CC(C)(C)O)n2C1CCC1.Cc1ccc2nc(NC(=O)C[C@@H](O)c3ccccc3)n(C3CCC3)c2n1.Cc1ccc2nc(NC(=O)C[C@H](O)c3ccccc3)n(C3CCC3)c2n1.Cc1ccc2nc(NC(=O)[C@@H](C)C3(C)CCC3)n(C3CCC3)c2n1. The molecule has 0 radical (unpaired) electrons. The molecular weight excluding hydrogens is 1940 g/mol. The molecular formula is C111H139Cl2F3N24O9. The molecule has 12 heterocycles. The number of benzene rings is 2. The molecule has 7 saturated carbocycles. The van der Waals surface area contributed by atoms with Crippen LogP contribution in [-0.2, 0) is 34.9 Å². The van der Waals surface area contributed by atoms with E-state index in [9.17, 15) is 57.3 Å². The third kappa shape index (κ3) is 25.6. The quantitative estimate of drug-likeness (QED) is 0.0227. The summed E-state index contributed by atoms with van der Waals surface area (Å²) in [5, 5.41) is 48.8. The molecule has 7 aliphatic carbocycles. The highest BCUT2D eigenvalue weighted by molar-refractivity contribution is 6.30. The second-order valence-corrected chi connectivity index (χ2v) is 44.9. The maximum atomic E-state index is 13.1. The van der Waals surface area contributed by atoms with E-state index in [-0.39, 0.29) is 106 Å². The summed E-state index contributed by atoms with van der Waals surface area (Å²) in [6, 6.07) is 37.6. The average molecular weight is 2080 g/mol. The summed E-state index contributed by atoms with van der Waals surface area (Å²) in [6.45, 7) is 31.3. The van der Waals surface area contributed by atoms with Crippen LogP contribution in [-0.4, -0.2) is 144 Å². The largest absolute Gasteiger partial charge is 0.433 e. The van der Waals surface area contributed by atoms with E-state index in [1.807, 2.05) is 207 Å². The Hall–Kier alpha value is -12.8. The molecule has 38 heteroatoms. The van der Waals surface area contributed by atoms with Crippen molar-refractivity contribution < 1.29 is 57.3 Å². The number of carbonyl (C=O) groups excluding carboxylic acids is 6. The van der Waals surface area contributed by atoms with Crippen LogP contribution in [0.2, 0.25) is 10.3 Å². The smallest absolute Gasteiger partial charge is 0.390 e. The van der Waals surface area contributed by atoms with E-state index in [1.165, 1.54) is 38.2 Å². The van der Waals surface area contributed by atoms with Crippen molar-refractivity contribution in [1.82, 2.24) is 87.2 Å². The van der Waals surface area contributed by atoms with Crippen LogP contribution in [0.25, 0.3) is 67.0 Å². The number of carbonyl (C=O) groups is 6. The van der Waals surface area contributed by atoms with E-state index >= 15 is 0 Å². The number of halogens is 5. The van der Waals surface area contributed by atoms with Crippen molar-refractivity contribution in [2.75, 3.05) is 31.9 Å². The van der Waals surface area contributed by atoms with E-state index in [0.29, 0.717) is 81.8 Å². The van der Waals surface area contributed by atoms with Crippen LogP contribution in [0.5, 0.6) is 0 Å². The number of aliphatic hydroxyl groups excluding tert-OH is 2. The van der Waals surface area contributed by atoms with E-state index in [1.54, 1.807) is 24.5 Å². The number of aliphatic hydroxyl groups is 3. The lowest BCUT2D eigenvalue weighted by Gasteiger charge is -2.42. The van der Waals surface area contributed by atoms with Crippen LogP contribution < -0.4 is 31.9 Å². The topological polar surface area (TPSA) is 420 Å². The van der Waals surface area contributed by atoms with Gasteiger partial charge in [0.15, 0.2) is 33.9 Å². The molecule has 6 amide bonds. The lowest BCUT2D eigenvalue weighted by Crippen LogP contribution is -2.40. The summed E-state index contributed by atoms with van der Waals surface area (Å²) in [4.78, 5) is 129. The van der Waals surface area contributed by atoms with Crippen LogP contribution >= 0.6 is 23.2 Å². The van der Waals surface area contributed by atoms with Crippen LogP contribution in [0, 0.1) is 62.7 Å². The zero-order chi connectivity index (χ0) is 107. The van der Waals surface area contributed by atoms with Gasteiger partial charge in [0.25, 0.3) is 0 Å². The fourth-order valence-electron chi connectivity index (χ4n) is 19.2. The highest BCUT2D eigenvalue weighted by Crippen LogP contribution is 2.49. The number of anilines is 6. The Balaban J connectivity index is 0.000000128. The fourth-order valence-corrected chi connectivity index (χ4v) is 19.7. The maximum Gasteiger partial charge on any atom is 0.433 e. The molecule has 21 rings (SSSR count).